The standard InChI is InChI=1S/C17H25N3O/c1-4-11-18-16(9-10-17-19-12-13-20(17)2)14-5-7-15(21-3)8-6-14/h5-8,12-13,16,18H,4,9-11H2,1-3H3. The first-order valence-electron chi connectivity index (χ1n) is 7.58. The number of rotatable bonds is 8. The second kappa shape index (κ2) is 7.84. The molecule has 21 heavy (non-hydrogen) atoms. The molecular weight excluding hydrogens is 262 g/mol. The summed E-state index contributed by atoms with van der Waals surface area (Å²) in [5.74, 6) is 2.03. The topological polar surface area (TPSA) is 39.1 Å². The van der Waals surface area contributed by atoms with E-state index in [9.17, 15) is 0 Å². The van der Waals surface area contributed by atoms with Crippen molar-refractivity contribution in [3.63, 3.8) is 0 Å². The molecule has 2 aromatic rings. The van der Waals surface area contributed by atoms with Crippen molar-refractivity contribution in [1.29, 1.82) is 0 Å². The third-order valence-corrected chi connectivity index (χ3v) is 3.74. The molecule has 1 atom stereocenters. The van der Waals surface area contributed by atoms with Crippen LogP contribution in [0.4, 0.5) is 0 Å². The summed E-state index contributed by atoms with van der Waals surface area (Å²) in [6.45, 7) is 3.22. The van der Waals surface area contributed by atoms with Crippen LogP contribution in [0.5, 0.6) is 5.75 Å². The summed E-state index contributed by atoms with van der Waals surface area (Å²) in [5.41, 5.74) is 1.30. The minimum absolute atomic E-state index is 0.354. The summed E-state index contributed by atoms with van der Waals surface area (Å²) >= 11 is 0. The van der Waals surface area contributed by atoms with Crippen molar-refractivity contribution in [2.24, 2.45) is 7.05 Å². The first-order chi connectivity index (χ1) is 10.2. The monoisotopic (exact) mass is 287 g/mol. The molecular formula is C17H25N3O. The van der Waals surface area contributed by atoms with Gasteiger partial charge in [-0.3, -0.25) is 0 Å². The molecule has 1 heterocycles. The van der Waals surface area contributed by atoms with Gasteiger partial charge in [0.15, 0.2) is 0 Å². The number of nitrogens with zero attached hydrogens (tertiary/aromatic N) is 2. The number of hydrogen-bond acceptors (Lipinski definition) is 3. The van der Waals surface area contributed by atoms with Gasteiger partial charge in [-0.2, -0.15) is 0 Å². The Kier molecular flexibility index (Phi) is 5.81. The molecule has 0 bridgehead atoms. The predicted octanol–water partition coefficient (Wildman–Crippen LogP) is 3.10. The van der Waals surface area contributed by atoms with Gasteiger partial charge >= 0.3 is 0 Å². The van der Waals surface area contributed by atoms with E-state index < -0.39 is 0 Å². The molecule has 0 aliphatic rings. The van der Waals surface area contributed by atoms with Crippen LogP contribution in [0.3, 0.4) is 0 Å². The molecule has 0 aliphatic carbocycles. The van der Waals surface area contributed by atoms with Crippen LogP contribution in [-0.4, -0.2) is 23.2 Å². The van der Waals surface area contributed by atoms with E-state index >= 15 is 0 Å². The third kappa shape index (κ3) is 4.33. The molecule has 4 nitrogen and oxygen atoms in total. The minimum Gasteiger partial charge on any atom is -0.497 e. The normalized spacial score (nSPS) is 12.3. The molecule has 2 rings (SSSR count). The zero-order valence-corrected chi connectivity index (χ0v) is 13.2. The minimum atomic E-state index is 0.354. The lowest BCUT2D eigenvalue weighted by Crippen LogP contribution is -2.23. The summed E-state index contributed by atoms with van der Waals surface area (Å²) in [5, 5.41) is 3.63. The largest absolute Gasteiger partial charge is 0.497 e. The number of methoxy groups -OCH3 is 1. The smallest absolute Gasteiger partial charge is 0.118 e. The third-order valence-electron chi connectivity index (χ3n) is 3.74. The summed E-state index contributed by atoms with van der Waals surface area (Å²) in [4.78, 5) is 4.40. The van der Waals surface area contributed by atoms with E-state index in [1.54, 1.807) is 7.11 Å². The molecule has 1 unspecified atom stereocenters. The number of imidazole rings is 1. The van der Waals surface area contributed by atoms with Crippen molar-refractivity contribution in [3.8, 4) is 5.75 Å². The molecule has 0 saturated carbocycles. The SMILES string of the molecule is CCCNC(CCc1nccn1C)c1ccc(OC)cc1. The van der Waals surface area contributed by atoms with Gasteiger partial charge in [-0.05, 0) is 37.1 Å². The van der Waals surface area contributed by atoms with Gasteiger partial charge in [-0.25, -0.2) is 4.98 Å². The van der Waals surface area contributed by atoms with Crippen molar-refractivity contribution in [3.05, 3.63) is 48.0 Å². The molecule has 4 heteroatoms. The maximum atomic E-state index is 5.23. The molecule has 114 valence electrons. The Balaban J connectivity index is 2.04. The molecule has 0 spiro atoms. The number of benzene rings is 1. The number of nitrogens with one attached hydrogen (secondary N) is 1. The van der Waals surface area contributed by atoms with Gasteiger partial charge in [0.25, 0.3) is 0 Å². The van der Waals surface area contributed by atoms with Gasteiger partial charge in [0.05, 0.1) is 7.11 Å². The lowest BCUT2D eigenvalue weighted by Gasteiger charge is -2.19. The zero-order valence-electron chi connectivity index (χ0n) is 13.2. The fourth-order valence-electron chi connectivity index (χ4n) is 2.45. The van der Waals surface area contributed by atoms with Gasteiger partial charge in [-0.1, -0.05) is 19.1 Å². The van der Waals surface area contributed by atoms with Crippen LogP contribution >= 0.6 is 0 Å². The van der Waals surface area contributed by atoms with Crippen LogP contribution in [0, 0.1) is 0 Å². The molecule has 1 aromatic carbocycles. The van der Waals surface area contributed by atoms with Crippen molar-refractivity contribution in [1.82, 2.24) is 14.9 Å². The number of aromatic nitrogens is 2. The van der Waals surface area contributed by atoms with E-state index in [0.717, 1.165) is 37.4 Å². The van der Waals surface area contributed by atoms with Gasteiger partial charge in [0.1, 0.15) is 11.6 Å². The summed E-state index contributed by atoms with van der Waals surface area (Å²) in [6, 6.07) is 8.69. The van der Waals surface area contributed by atoms with Crippen molar-refractivity contribution < 1.29 is 4.74 Å². The Hall–Kier alpha value is -1.81. The quantitative estimate of drug-likeness (QED) is 0.811. The lowest BCUT2D eigenvalue weighted by molar-refractivity contribution is 0.414. The highest BCUT2D eigenvalue weighted by molar-refractivity contribution is 5.29. The number of hydrogen-bond donors (Lipinski definition) is 1. The van der Waals surface area contributed by atoms with Gasteiger partial charge in [0, 0.05) is 31.9 Å². The van der Waals surface area contributed by atoms with Crippen LogP contribution in [-0.2, 0) is 13.5 Å². The van der Waals surface area contributed by atoms with E-state index in [4.69, 9.17) is 4.74 Å². The molecule has 0 fully saturated rings. The van der Waals surface area contributed by atoms with Gasteiger partial charge < -0.3 is 14.6 Å². The fraction of sp³-hybridized carbons (Fsp3) is 0.471. The van der Waals surface area contributed by atoms with E-state index in [0.29, 0.717) is 6.04 Å². The Labute approximate surface area is 127 Å². The van der Waals surface area contributed by atoms with Crippen molar-refractivity contribution in [2.45, 2.75) is 32.2 Å². The molecule has 0 amide bonds. The lowest BCUT2D eigenvalue weighted by atomic mass is 10.0. The van der Waals surface area contributed by atoms with E-state index in [1.165, 1.54) is 5.56 Å². The first kappa shape index (κ1) is 15.6. The fourth-order valence-corrected chi connectivity index (χ4v) is 2.45. The van der Waals surface area contributed by atoms with Crippen LogP contribution in [0.2, 0.25) is 0 Å². The van der Waals surface area contributed by atoms with Crippen LogP contribution in [0.1, 0.15) is 37.2 Å². The Morgan fingerprint density at radius 1 is 1.29 bits per heavy atom. The molecule has 1 aromatic heterocycles. The number of aryl methyl sites for hydroxylation is 2. The second-order valence-corrected chi connectivity index (χ2v) is 5.27. The Bertz CT molecular complexity index is 533. The Morgan fingerprint density at radius 2 is 2.05 bits per heavy atom. The predicted molar refractivity (Wildman–Crippen MR) is 85.6 cm³/mol. The second-order valence-electron chi connectivity index (χ2n) is 5.27. The van der Waals surface area contributed by atoms with Crippen LogP contribution < -0.4 is 10.1 Å². The van der Waals surface area contributed by atoms with E-state index in [2.05, 4.69) is 33.9 Å². The van der Waals surface area contributed by atoms with E-state index in [1.807, 2.05) is 31.6 Å². The highest BCUT2D eigenvalue weighted by Gasteiger charge is 2.12. The zero-order chi connectivity index (χ0) is 15.1. The summed E-state index contributed by atoms with van der Waals surface area (Å²) < 4.78 is 7.32. The van der Waals surface area contributed by atoms with Crippen LogP contribution in [0.15, 0.2) is 36.7 Å². The summed E-state index contributed by atoms with van der Waals surface area (Å²) in [6.07, 6.45) is 7.00. The van der Waals surface area contributed by atoms with Gasteiger partial charge in [0.2, 0.25) is 0 Å². The molecule has 0 radical (unpaired) electrons. The first-order valence-corrected chi connectivity index (χ1v) is 7.58. The van der Waals surface area contributed by atoms with Gasteiger partial charge in [-0.15, -0.1) is 0 Å². The average molecular weight is 287 g/mol. The van der Waals surface area contributed by atoms with Crippen LogP contribution in [0.25, 0.3) is 0 Å². The average Bonchev–Trinajstić information content (AvgIpc) is 2.93. The number of ether oxygens (including phenoxy) is 1. The molecule has 0 saturated heterocycles. The highest BCUT2D eigenvalue weighted by Crippen LogP contribution is 2.21. The van der Waals surface area contributed by atoms with E-state index in [-0.39, 0.29) is 0 Å². The molecule has 1 N–H and O–H groups in total. The summed E-state index contributed by atoms with van der Waals surface area (Å²) in [7, 11) is 3.74. The van der Waals surface area contributed by atoms with Crippen molar-refractivity contribution >= 4 is 0 Å². The molecule has 0 aliphatic heterocycles. The van der Waals surface area contributed by atoms with Crippen molar-refractivity contribution in [2.75, 3.05) is 13.7 Å². The Morgan fingerprint density at radius 3 is 2.62 bits per heavy atom. The maximum Gasteiger partial charge on any atom is 0.118 e. The highest BCUT2D eigenvalue weighted by atomic mass is 16.5. The maximum absolute atomic E-state index is 5.23.